The number of morpholine rings is 1. The normalized spacial score (nSPS) is 17.0. The van der Waals surface area contributed by atoms with Gasteiger partial charge in [-0.25, -0.2) is 0 Å². The minimum Gasteiger partial charge on any atom is -0.454 e. The lowest BCUT2D eigenvalue weighted by Gasteiger charge is -2.23. The highest BCUT2D eigenvalue weighted by Crippen LogP contribution is 2.34. The summed E-state index contributed by atoms with van der Waals surface area (Å²) in [6, 6.07) is 7.86. The minimum absolute atomic E-state index is 0.192. The number of nitrogens with zero attached hydrogens (tertiary/aromatic N) is 1. The van der Waals surface area contributed by atoms with Gasteiger partial charge in [-0.2, -0.15) is 0 Å². The summed E-state index contributed by atoms with van der Waals surface area (Å²) < 4.78 is 18.3. The van der Waals surface area contributed by atoms with Gasteiger partial charge in [0.2, 0.25) is 12.6 Å². The zero-order valence-electron chi connectivity index (χ0n) is 14.6. The minimum atomic E-state index is 0.192. The number of rotatable bonds is 4. The predicted molar refractivity (Wildman–Crippen MR) is 92.1 cm³/mol. The molecule has 0 radical (unpaired) electrons. The summed E-state index contributed by atoms with van der Waals surface area (Å²) in [7, 11) is 0. The SMILES string of the molecule is Cc1cc(C(=O)C[NH+]2CCOCC2)c(C)n1-c1ccc2c(c1)OCO2. The van der Waals surface area contributed by atoms with E-state index < -0.39 is 0 Å². The van der Waals surface area contributed by atoms with Crippen LogP contribution in [-0.4, -0.2) is 50.0 Å². The molecule has 1 saturated heterocycles. The molecule has 4 rings (SSSR count). The maximum atomic E-state index is 12.8. The lowest BCUT2D eigenvalue weighted by Crippen LogP contribution is -3.14. The van der Waals surface area contributed by atoms with Gasteiger partial charge in [0.05, 0.1) is 13.2 Å². The average Bonchev–Trinajstić information content (AvgIpc) is 3.19. The molecule has 6 nitrogen and oxygen atoms in total. The van der Waals surface area contributed by atoms with Crippen LogP contribution in [0.4, 0.5) is 0 Å². The molecule has 2 aromatic rings. The highest BCUT2D eigenvalue weighted by molar-refractivity contribution is 5.98. The second-order valence-electron chi connectivity index (χ2n) is 6.62. The van der Waals surface area contributed by atoms with Gasteiger partial charge in [-0.05, 0) is 32.0 Å². The van der Waals surface area contributed by atoms with E-state index in [0.29, 0.717) is 6.54 Å². The molecule has 0 bridgehead atoms. The standard InChI is InChI=1S/C19H22N2O4/c1-13-9-16(17(22)11-20-5-7-23-8-6-20)14(2)21(13)15-3-4-18-19(10-15)25-12-24-18/h3-4,9-10H,5-8,11-12H2,1-2H3/p+1. The van der Waals surface area contributed by atoms with E-state index in [2.05, 4.69) is 4.57 Å². The van der Waals surface area contributed by atoms with Crippen molar-refractivity contribution in [1.29, 1.82) is 0 Å². The molecular formula is C19H23N2O4+. The van der Waals surface area contributed by atoms with Crippen molar-refractivity contribution in [2.45, 2.75) is 13.8 Å². The molecule has 2 aliphatic heterocycles. The van der Waals surface area contributed by atoms with Crippen LogP contribution in [0.25, 0.3) is 5.69 Å². The number of ketones is 1. The topological polar surface area (TPSA) is 54.1 Å². The van der Waals surface area contributed by atoms with Crippen molar-refractivity contribution in [2.24, 2.45) is 0 Å². The molecule has 1 aromatic carbocycles. The van der Waals surface area contributed by atoms with E-state index in [1.165, 1.54) is 4.90 Å². The number of quaternary nitrogens is 1. The second-order valence-corrected chi connectivity index (χ2v) is 6.62. The van der Waals surface area contributed by atoms with Gasteiger partial charge < -0.3 is 23.7 Å². The molecule has 0 atom stereocenters. The van der Waals surface area contributed by atoms with Crippen molar-refractivity contribution >= 4 is 5.78 Å². The molecule has 0 saturated carbocycles. The van der Waals surface area contributed by atoms with E-state index in [9.17, 15) is 4.79 Å². The number of aryl methyl sites for hydroxylation is 1. The van der Waals surface area contributed by atoms with Gasteiger partial charge in [0.1, 0.15) is 19.6 Å². The Hall–Kier alpha value is -2.31. The maximum Gasteiger partial charge on any atom is 0.231 e. The van der Waals surface area contributed by atoms with Crippen LogP contribution in [0.1, 0.15) is 21.7 Å². The summed E-state index contributed by atoms with van der Waals surface area (Å²) >= 11 is 0. The smallest absolute Gasteiger partial charge is 0.231 e. The molecule has 1 fully saturated rings. The van der Waals surface area contributed by atoms with E-state index in [0.717, 1.165) is 60.4 Å². The van der Waals surface area contributed by atoms with Crippen LogP contribution in [0.2, 0.25) is 0 Å². The molecule has 132 valence electrons. The number of carbonyl (C=O) groups excluding carboxylic acids is 1. The first kappa shape index (κ1) is 16.2. The fourth-order valence-electron chi connectivity index (χ4n) is 3.63. The van der Waals surface area contributed by atoms with Crippen molar-refractivity contribution in [3.8, 4) is 17.2 Å². The number of fused-ring (bicyclic) bond motifs is 1. The van der Waals surface area contributed by atoms with Crippen molar-refractivity contribution < 1.29 is 23.9 Å². The molecule has 6 heteroatoms. The first-order chi connectivity index (χ1) is 12.1. The number of aromatic nitrogens is 1. The molecule has 0 spiro atoms. The summed E-state index contributed by atoms with van der Waals surface area (Å²) in [6.07, 6.45) is 0. The molecule has 1 N–H and O–H groups in total. The summed E-state index contributed by atoms with van der Waals surface area (Å²) in [4.78, 5) is 14.1. The quantitative estimate of drug-likeness (QED) is 0.839. The third-order valence-electron chi connectivity index (χ3n) is 4.96. The van der Waals surface area contributed by atoms with E-state index in [1.54, 1.807) is 0 Å². The van der Waals surface area contributed by atoms with Crippen LogP contribution in [0.15, 0.2) is 24.3 Å². The van der Waals surface area contributed by atoms with Gasteiger partial charge in [-0.15, -0.1) is 0 Å². The zero-order chi connectivity index (χ0) is 17.4. The largest absolute Gasteiger partial charge is 0.454 e. The van der Waals surface area contributed by atoms with Gasteiger partial charge >= 0.3 is 0 Å². The second kappa shape index (κ2) is 6.54. The summed E-state index contributed by atoms with van der Waals surface area (Å²) in [5.41, 5.74) is 3.79. The number of hydrogen-bond donors (Lipinski definition) is 1. The van der Waals surface area contributed by atoms with Crippen LogP contribution < -0.4 is 14.4 Å². The molecule has 0 unspecified atom stereocenters. The number of ether oxygens (including phenoxy) is 3. The van der Waals surface area contributed by atoms with Crippen LogP contribution in [-0.2, 0) is 4.74 Å². The van der Waals surface area contributed by atoms with Gasteiger partial charge in [-0.3, -0.25) is 4.79 Å². The molecule has 3 heterocycles. The van der Waals surface area contributed by atoms with E-state index >= 15 is 0 Å². The lowest BCUT2D eigenvalue weighted by molar-refractivity contribution is -0.899. The van der Waals surface area contributed by atoms with Gasteiger partial charge in [0.15, 0.2) is 11.5 Å². The van der Waals surface area contributed by atoms with E-state index in [-0.39, 0.29) is 12.6 Å². The van der Waals surface area contributed by atoms with E-state index in [4.69, 9.17) is 14.2 Å². The molecular weight excluding hydrogens is 320 g/mol. The Morgan fingerprint density at radius 1 is 1.12 bits per heavy atom. The van der Waals surface area contributed by atoms with Crippen LogP contribution in [0.5, 0.6) is 11.5 Å². The summed E-state index contributed by atoms with van der Waals surface area (Å²) in [6.45, 7) is 8.07. The monoisotopic (exact) mass is 343 g/mol. The third-order valence-corrected chi connectivity index (χ3v) is 4.96. The number of Topliss-reactive ketones (excluding diaryl/α,β-unsaturated/α-hetero) is 1. The Balaban J connectivity index is 1.61. The predicted octanol–water partition coefficient (Wildman–Crippen LogP) is 0.921. The van der Waals surface area contributed by atoms with E-state index in [1.807, 2.05) is 38.1 Å². The number of benzene rings is 1. The third kappa shape index (κ3) is 3.03. The van der Waals surface area contributed by atoms with Gasteiger partial charge in [-0.1, -0.05) is 0 Å². The summed E-state index contributed by atoms with van der Waals surface area (Å²) in [5.74, 6) is 1.70. The van der Waals surface area contributed by atoms with Crippen LogP contribution in [0, 0.1) is 13.8 Å². The maximum absolute atomic E-state index is 12.8. The Labute approximate surface area is 146 Å². The highest BCUT2D eigenvalue weighted by Gasteiger charge is 2.23. The lowest BCUT2D eigenvalue weighted by atomic mass is 10.1. The van der Waals surface area contributed by atoms with Crippen molar-refractivity contribution in [3.05, 3.63) is 41.2 Å². The molecule has 0 aliphatic carbocycles. The number of hydrogen-bond acceptors (Lipinski definition) is 4. The zero-order valence-corrected chi connectivity index (χ0v) is 14.6. The molecule has 1 aromatic heterocycles. The highest BCUT2D eigenvalue weighted by atomic mass is 16.7. The Morgan fingerprint density at radius 2 is 1.88 bits per heavy atom. The number of carbonyl (C=O) groups is 1. The van der Waals surface area contributed by atoms with Crippen molar-refractivity contribution in [2.75, 3.05) is 39.6 Å². The molecule has 25 heavy (non-hydrogen) atoms. The van der Waals surface area contributed by atoms with Crippen LogP contribution in [0.3, 0.4) is 0 Å². The average molecular weight is 343 g/mol. The molecule has 2 aliphatic rings. The Bertz CT molecular complexity index is 806. The van der Waals surface area contributed by atoms with Gasteiger partial charge in [0.25, 0.3) is 0 Å². The first-order valence-electron chi connectivity index (χ1n) is 8.67. The summed E-state index contributed by atoms with van der Waals surface area (Å²) in [5, 5.41) is 0. The Kier molecular flexibility index (Phi) is 4.23. The van der Waals surface area contributed by atoms with Crippen molar-refractivity contribution in [1.82, 2.24) is 4.57 Å². The fourth-order valence-corrected chi connectivity index (χ4v) is 3.63. The van der Waals surface area contributed by atoms with Crippen molar-refractivity contribution in [3.63, 3.8) is 0 Å². The number of nitrogens with one attached hydrogen (secondary N) is 1. The molecule has 0 amide bonds. The Morgan fingerprint density at radius 3 is 2.68 bits per heavy atom. The first-order valence-corrected chi connectivity index (χ1v) is 8.67. The van der Waals surface area contributed by atoms with Crippen LogP contribution >= 0.6 is 0 Å². The fraction of sp³-hybridized carbons (Fsp3) is 0.421. The van der Waals surface area contributed by atoms with Gasteiger partial charge in [0, 0.05) is 28.7 Å².